The van der Waals surface area contributed by atoms with Crippen molar-refractivity contribution in [2.24, 2.45) is 5.41 Å². The van der Waals surface area contributed by atoms with Crippen molar-refractivity contribution in [2.45, 2.75) is 12.7 Å². The Kier molecular flexibility index (Phi) is 4.36. The number of anilines is 2. The fourth-order valence-corrected chi connectivity index (χ4v) is 4.68. The minimum Gasteiger partial charge on any atom is -0.379 e. The van der Waals surface area contributed by atoms with Gasteiger partial charge in [0, 0.05) is 49.2 Å². The first kappa shape index (κ1) is 19.1. The zero-order valence-corrected chi connectivity index (χ0v) is 16.6. The molecule has 0 aliphatic carbocycles. The third-order valence-corrected chi connectivity index (χ3v) is 5.99. The van der Waals surface area contributed by atoms with Crippen molar-refractivity contribution in [2.75, 3.05) is 43.4 Å². The van der Waals surface area contributed by atoms with Crippen LogP contribution in [0.15, 0.2) is 48.7 Å². The average molecular weight is 413 g/mol. The number of nitrogens with zero attached hydrogens (tertiary/aromatic N) is 4. The Morgan fingerprint density at radius 2 is 1.87 bits per heavy atom. The molecule has 2 aliphatic rings. The molecule has 2 saturated heterocycles. The number of hydrogen-bond donors (Lipinski definition) is 1. The van der Waals surface area contributed by atoms with E-state index < -0.39 is 11.7 Å². The Labute approximate surface area is 172 Å². The lowest BCUT2D eigenvalue weighted by Crippen LogP contribution is -2.71. The molecule has 1 aromatic heterocycles. The van der Waals surface area contributed by atoms with Gasteiger partial charge < -0.3 is 15.1 Å². The maximum Gasteiger partial charge on any atom is 0.416 e. The van der Waals surface area contributed by atoms with Gasteiger partial charge in [-0.15, -0.1) is 0 Å². The van der Waals surface area contributed by atoms with E-state index in [0.717, 1.165) is 54.5 Å². The molecule has 0 atom stereocenters. The second-order valence-corrected chi connectivity index (χ2v) is 8.54. The van der Waals surface area contributed by atoms with E-state index in [2.05, 4.69) is 44.5 Å². The zero-order chi connectivity index (χ0) is 20.9. The summed E-state index contributed by atoms with van der Waals surface area (Å²) in [6, 6.07) is 11.5. The Balaban J connectivity index is 1.35. The highest BCUT2D eigenvalue weighted by molar-refractivity contribution is 5.93. The second kappa shape index (κ2) is 6.84. The number of benzene rings is 2. The maximum absolute atomic E-state index is 13.0. The van der Waals surface area contributed by atoms with Crippen LogP contribution in [-0.2, 0) is 12.7 Å². The average Bonchev–Trinajstić information content (AvgIpc) is 2.67. The Hall–Kier alpha value is -2.87. The van der Waals surface area contributed by atoms with Crippen LogP contribution in [0.5, 0.6) is 0 Å². The van der Waals surface area contributed by atoms with Crippen LogP contribution in [0.1, 0.15) is 11.1 Å². The van der Waals surface area contributed by atoms with Crippen LogP contribution >= 0.6 is 0 Å². The van der Waals surface area contributed by atoms with E-state index in [-0.39, 0.29) is 6.54 Å². The van der Waals surface area contributed by atoms with Crippen molar-refractivity contribution in [3.63, 3.8) is 0 Å². The van der Waals surface area contributed by atoms with Crippen LogP contribution in [0.3, 0.4) is 0 Å². The molecule has 3 aromatic rings. The first-order valence-electron chi connectivity index (χ1n) is 9.90. The summed E-state index contributed by atoms with van der Waals surface area (Å²) in [4.78, 5) is 4.70. The SMILES string of the molecule is CN1CC2(C1)CN(c1ccc3nncc(NCc4cccc(C(F)(F)F)c4)c3c1)C2. The molecule has 1 spiro atoms. The lowest BCUT2D eigenvalue weighted by molar-refractivity contribution is -0.137. The van der Waals surface area contributed by atoms with Crippen LogP contribution in [0.25, 0.3) is 10.9 Å². The summed E-state index contributed by atoms with van der Waals surface area (Å²) in [5.74, 6) is 0. The van der Waals surface area contributed by atoms with E-state index in [9.17, 15) is 13.2 Å². The number of likely N-dealkylation sites (tertiary alicyclic amines) is 1. The topological polar surface area (TPSA) is 44.3 Å². The lowest BCUT2D eigenvalue weighted by atomic mass is 9.73. The fourth-order valence-electron chi connectivity index (χ4n) is 4.68. The summed E-state index contributed by atoms with van der Waals surface area (Å²) >= 11 is 0. The quantitative estimate of drug-likeness (QED) is 0.700. The molecular formula is C22H22F3N5. The summed E-state index contributed by atoms with van der Waals surface area (Å²) in [5.41, 5.74) is 3.01. The number of fused-ring (bicyclic) bond motifs is 1. The summed E-state index contributed by atoms with van der Waals surface area (Å²) in [7, 11) is 2.14. The predicted octanol–water partition coefficient (Wildman–Crippen LogP) is 4.01. The normalized spacial score (nSPS) is 18.3. The Bertz CT molecular complexity index is 1080. The summed E-state index contributed by atoms with van der Waals surface area (Å²) in [6.45, 7) is 4.66. The highest BCUT2D eigenvalue weighted by Crippen LogP contribution is 2.42. The van der Waals surface area contributed by atoms with Crippen LogP contribution < -0.4 is 10.2 Å². The number of halogens is 3. The smallest absolute Gasteiger partial charge is 0.379 e. The molecule has 0 bridgehead atoms. The molecule has 1 N–H and O–H groups in total. The van der Waals surface area contributed by atoms with E-state index >= 15 is 0 Å². The molecule has 0 saturated carbocycles. The zero-order valence-electron chi connectivity index (χ0n) is 16.6. The van der Waals surface area contributed by atoms with Crippen molar-refractivity contribution in [1.82, 2.24) is 15.1 Å². The van der Waals surface area contributed by atoms with Crippen LogP contribution in [-0.4, -0.2) is 48.3 Å². The van der Waals surface area contributed by atoms with E-state index in [1.165, 1.54) is 12.1 Å². The molecule has 2 aromatic carbocycles. The molecular weight excluding hydrogens is 391 g/mol. The van der Waals surface area contributed by atoms with Gasteiger partial charge >= 0.3 is 6.18 Å². The second-order valence-electron chi connectivity index (χ2n) is 8.54. The molecule has 0 radical (unpaired) electrons. The van der Waals surface area contributed by atoms with Gasteiger partial charge in [0.05, 0.1) is 23.0 Å². The van der Waals surface area contributed by atoms with Crippen LogP contribution in [0.4, 0.5) is 24.5 Å². The van der Waals surface area contributed by atoms with Crippen molar-refractivity contribution < 1.29 is 13.2 Å². The third kappa shape index (κ3) is 3.45. The molecule has 0 amide bonds. The lowest BCUT2D eigenvalue weighted by Gasteiger charge is -2.60. The molecule has 3 heterocycles. The van der Waals surface area contributed by atoms with Crippen LogP contribution in [0.2, 0.25) is 0 Å². The number of nitrogens with one attached hydrogen (secondary N) is 1. The van der Waals surface area contributed by atoms with Crippen molar-refractivity contribution in [3.8, 4) is 0 Å². The Morgan fingerprint density at radius 1 is 1.07 bits per heavy atom. The van der Waals surface area contributed by atoms with Crippen molar-refractivity contribution in [3.05, 3.63) is 59.8 Å². The predicted molar refractivity (Wildman–Crippen MR) is 110 cm³/mol. The van der Waals surface area contributed by atoms with Gasteiger partial charge in [-0.3, -0.25) is 0 Å². The highest BCUT2D eigenvalue weighted by atomic mass is 19.4. The van der Waals surface area contributed by atoms with E-state index in [1.807, 2.05) is 6.07 Å². The number of alkyl halides is 3. The van der Waals surface area contributed by atoms with Gasteiger partial charge in [-0.05, 0) is 42.9 Å². The minimum atomic E-state index is -4.35. The summed E-state index contributed by atoms with van der Waals surface area (Å²) in [5, 5.41) is 12.4. The monoisotopic (exact) mass is 413 g/mol. The van der Waals surface area contributed by atoms with Gasteiger partial charge in [0.15, 0.2) is 0 Å². The van der Waals surface area contributed by atoms with Gasteiger partial charge in [-0.2, -0.15) is 23.4 Å². The highest BCUT2D eigenvalue weighted by Gasteiger charge is 2.50. The van der Waals surface area contributed by atoms with E-state index in [1.54, 1.807) is 12.3 Å². The molecule has 2 fully saturated rings. The number of hydrogen-bond acceptors (Lipinski definition) is 5. The largest absolute Gasteiger partial charge is 0.416 e. The maximum atomic E-state index is 13.0. The number of rotatable bonds is 4. The standard InChI is InChI=1S/C22H22F3N5/c1-29-11-21(12-29)13-30(14-21)17-5-6-19-18(8-17)20(10-27-28-19)26-9-15-3-2-4-16(7-15)22(23,24)25/h2-8,10H,9,11-14H2,1H3,(H,26,28). The van der Waals surface area contributed by atoms with Gasteiger partial charge in [0.25, 0.3) is 0 Å². The molecule has 5 rings (SSSR count). The third-order valence-electron chi connectivity index (χ3n) is 5.99. The minimum absolute atomic E-state index is 0.272. The van der Waals surface area contributed by atoms with E-state index in [4.69, 9.17) is 0 Å². The molecule has 2 aliphatic heterocycles. The molecule has 0 unspecified atom stereocenters. The molecule has 30 heavy (non-hydrogen) atoms. The van der Waals surface area contributed by atoms with Crippen molar-refractivity contribution >= 4 is 22.3 Å². The molecule has 156 valence electrons. The van der Waals surface area contributed by atoms with Gasteiger partial charge in [-0.25, -0.2) is 0 Å². The fraction of sp³-hybridized carbons (Fsp3) is 0.364. The van der Waals surface area contributed by atoms with Crippen LogP contribution in [0, 0.1) is 5.41 Å². The van der Waals surface area contributed by atoms with Crippen molar-refractivity contribution in [1.29, 1.82) is 0 Å². The Morgan fingerprint density at radius 3 is 2.60 bits per heavy atom. The summed E-state index contributed by atoms with van der Waals surface area (Å²) in [6.07, 6.45) is -2.72. The van der Waals surface area contributed by atoms with Gasteiger partial charge in [-0.1, -0.05) is 12.1 Å². The van der Waals surface area contributed by atoms with Gasteiger partial charge in [0.1, 0.15) is 0 Å². The summed E-state index contributed by atoms with van der Waals surface area (Å²) < 4.78 is 38.9. The first-order chi connectivity index (χ1) is 14.3. The molecule has 8 heteroatoms. The first-order valence-corrected chi connectivity index (χ1v) is 9.90. The molecule has 5 nitrogen and oxygen atoms in total. The van der Waals surface area contributed by atoms with Gasteiger partial charge in [0.2, 0.25) is 0 Å². The van der Waals surface area contributed by atoms with E-state index in [0.29, 0.717) is 11.0 Å². The number of aromatic nitrogens is 2.